The molecule has 1 saturated heterocycles. The van der Waals surface area contributed by atoms with Gasteiger partial charge in [0, 0.05) is 25.7 Å². The number of rotatable bonds is 2. The van der Waals surface area contributed by atoms with Crippen LogP contribution < -0.4 is 10.6 Å². The van der Waals surface area contributed by atoms with Gasteiger partial charge >= 0.3 is 0 Å². The van der Waals surface area contributed by atoms with Gasteiger partial charge in [-0.3, -0.25) is 4.79 Å². The number of nitrogens with zero attached hydrogens (tertiary/aromatic N) is 3. The van der Waals surface area contributed by atoms with E-state index in [0.717, 1.165) is 25.2 Å². The predicted octanol–water partition coefficient (Wildman–Crippen LogP) is 0.166. The SMILES string of the molecule is CNC(=O)c1cnn2c(C3CCNC3)ccnc12. The third kappa shape index (κ3) is 1.65. The molecule has 6 nitrogen and oxygen atoms in total. The second-order valence-corrected chi connectivity index (χ2v) is 4.43. The number of amides is 1. The van der Waals surface area contributed by atoms with E-state index >= 15 is 0 Å². The maximum Gasteiger partial charge on any atom is 0.256 e. The summed E-state index contributed by atoms with van der Waals surface area (Å²) in [5.74, 6) is 0.284. The second-order valence-electron chi connectivity index (χ2n) is 4.43. The molecule has 0 aliphatic carbocycles. The monoisotopic (exact) mass is 245 g/mol. The Bertz CT molecular complexity index is 585. The Kier molecular flexibility index (Phi) is 2.71. The zero-order chi connectivity index (χ0) is 12.5. The van der Waals surface area contributed by atoms with Gasteiger partial charge in [-0.05, 0) is 19.0 Å². The molecule has 2 aromatic heterocycles. The van der Waals surface area contributed by atoms with E-state index in [1.807, 2.05) is 6.07 Å². The van der Waals surface area contributed by atoms with Crippen molar-refractivity contribution in [3.8, 4) is 0 Å². The summed E-state index contributed by atoms with van der Waals surface area (Å²) in [6.07, 6.45) is 4.42. The molecular weight excluding hydrogens is 230 g/mol. The molecule has 2 aromatic rings. The van der Waals surface area contributed by atoms with Crippen molar-refractivity contribution in [3.63, 3.8) is 0 Å². The molecule has 6 heteroatoms. The van der Waals surface area contributed by atoms with Gasteiger partial charge in [-0.2, -0.15) is 5.10 Å². The van der Waals surface area contributed by atoms with E-state index in [4.69, 9.17) is 0 Å². The van der Waals surface area contributed by atoms with Crippen LogP contribution in [0, 0.1) is 0 Å². The van der Waals surface area contributed by atoms with E-state index in [-0.39, 0.29) is 5.91 Å². The smallest absolute Gasteiger partial charge is 0.256 e. The maximum atomic E-state index is 11.7. The summed E-state index contributed by atoms with van der Waals surface area (Å²) in [4.78, 5) is 16.0. The van der Waals surface area contributed by atoms with Crippen molar-refractivity contribution in [1.29, 1.82) is 0 Å². The van der Waals surface area contributed by atoms with Gasteiger partial charge in [-0.25, -0.2) is 9.50 Å². The summed E-state index contributed by atoms with van der Waals surface area (Å²) in [6.45, 7) is 1.98. The van der Waals surface area contributed by atoms with Crippen molar-refractivity contribution < 1.29 is 4.79 Å². The van der Waals surface area contributed by atoms with Gasteiger partial charge in [0.1, 0.15) is 5.56 Å². The van der Waals surface area contributed by atoms with Gasteiger partial charge in [0.25, 0.3) is 5.91 Å². The third-order valence-electron chi connectivity index (χ3n) is 3.38. The quantitative estimate of drug-likeness (QED) is 0.791. The number of aromatic nitrogens is 3. The molecule has 3 heterocycles. The molecule has 0 radical (unpaired) electrons. The number of fused-ring (bicyclic) bond motifs is 1. The normalized spacial score (nSPS) is 19.3. The van der Waals surface area contributed by atoms with E-state index in [9.17, 15) is 4.79 Å². The fourth-order valence-corrected chi connectivity index (χ4v) is 2.42. The molecular formula is C12H15N5O. The van der Waals surface area contributed by atoms with Crippen LogP contribution in [-0.2, 0) is 0 Å². The summed E-state index contributed by atoms with van der Waals surface area (Å²) in [5.41, 5.74) is 2.25. The molecule has 0 aromatic carbocycles. The number of nitrogens with one attached hydrogen (secondary N) is 2. The van der Waals surface area contributed by atoms with Gasteiger partial charge in [0.15, 0.2) is 5.65 Å². The summed E-state index contributed by atoms with van der Waals surface area (Å²) in [5, 5.41) is 10.2. The molecule has 94 valence electrons. The Morgan fingerprint density at radius 2 is 2.50 bits per heavy atom. The minimum atomic E-state index is -0.154. The molecule has 2 N–H and O–H groups in total. The molecule has 1 aliphatic heterocycles. The maximum absolute atomic E-state index is 11.7. The van der Waals surface area contributed by atoms with Crippen LogP contribution in [0.1, 0.15) is 28.4 Å². The van der Waals surface area contributed by atoms with Crippen LogP contribution in [0.25, 0.3) is 5.65 Å². The number of carbonyl (C=O) groups is 1. The van der Waals surface area contributed by atoms with E-state index in [0.29, 0.717) is 17.1 Å². The standard InChI is InChI=1S/C12H15N5O/c1-13-12(18)9-7-16-17-10(3-5-15-11(9)17)8-2-4-14-6-8/h3,5,7-8,14H,2,4,6H2,1H3,(H,13,18). The van der Waals surface area contributed by atoms with E-state index in [1.165, 1.54) is 0 Å². The molecule has 0 spiro atoms. The van der Waals surface area contributed by atoms with Crippen LogP contribution in [0.5, 0.6) is 0 Å². The lowest BCUT2D eigenvalue weighted by Gasteiger charge is -2.10. The van der Waals surface area contributed by atoms with Crippen molar-refractivity contribution >= 4 is 11.6 Å². The lowest BCUT2D eigenvalue weighted by atomic mass is 10.0. The Morgan fingerprint density at radius 1 is 1.61 bits per heavy atom. The molecule has 3 rings (SSSR count). The summed E-state index contributed by atoms with van der Waals surface area (Å²) in [7, 11) is 1.61. The lowest BCUT2D eigenvalue weighted by Crippen LogP contribution is -2.18. The highest BCUT2D eigenvalue weighted by molar-refractivity contribution is 5.99. The fraction of sp³-hybridized carbons (Fsp3) is 0.417. The third-order valence-corrected chi connectivity index (χ3v) is 3.38. The molecule has 1 amide bonds. The lowest BCUT2D eigenvalue weighted by molar-refractivity contribution is 0.0964. The average molecular weight is 245 g/mol. The van der Waals surface area contributed by atoms with Crippen molar-refractivity contribution in [3.05, 3.63) is 29.7 Å². The van der Waals surface area contributed by atoms with Crippen LogP contribution >= 0.6 is 0 Å². The van der Waals surface area contributed by atoms with Crippen molar-refractivity contribution in [2.24, 2.45) is 0 Å². The van der Waals surface area contributed by atoms with Gasteiger partial charge in [0.2, 0.25) is 0 Å². The Labute approximate surface area is 104 Å². The minimum Gasteiger partial charge on any atom is -0.355 e. The van der Waals surface area contributed by atoms with Crippen LogP contribution in [0.15, 0.2) is 18.5 Å². The molecule has 1 aliphatic rings. The number of hydrogen-bond acceptors (Lipinski definition) is 4. The first-order valence-corrected chi connectivity index (χ1v) is 6.06. The van der Waals surface area contributed by atoms with Crippen molar-refractivity contribution in [2.75, 3.05) is 20.1 Å². The highest BCUT2D eigenvalue weighted by Gasteiger charge is 2.21. The van der Waals surface area contributed by atoms with Crippen molar-refractivity contribution in [2.45, 2.75) is 12.3 Å². The number of carbonyl (C=O) groups excluding carboxylic acids is 1. The first kappa shape index (κ1) is 11.2. The molecule has 1 atom stereocenters. The molecule has 1 fully saturated rings. The predicted molar refractivity (Wildman–Crippen MR) is 66.6 cm³/mol. The molecule has 1 unspecified atom stereocenters. The Balaban J connectivity index is 2.11. The van der Waals surface area contributed by atoms with Gasteiger partial charge in [-0.1, -0.05) is 0 Å². The zero-order valence-corrected chi connectivity index (χ0v) is 10.2. The van der Waals surface area contributed by atoms with Gasteiger partial charge in [-0.15, -0.1) is 0 Å². The molecule has 0 bridgehead atoms. The van der Waals surface area contributed by atoms with Gasteiger partial charge in [0.05, 0.1) is 11.9 Å². The van der Waals surface area contributed by atoms with Gasteiger partial charge < -0.3 is 10.6 Å². The first-order valence-electron chi connectivity index (χ1n) is 6.06. The second kappa shape index (κ2) is 4.38. The molecule has 0 saturated carbocycles. The van der Waals surface area contributed by atoms with Crippen LogP contribution in [0.4, 0.5) is 0 Å². The minimum absolute atomic E-state index is 0.154. The van der Waals surface area contributed by atoms with Crippen LogP contribution in [-0.4, -0.2) is 40.6 Å². The van der Waals surface area contributed by atoms with E-state index in [1.54, 1.807) is 24.0 Å². The van der Waals surface area contributed by atoms with Crippen LogP contribution in [0.2, 0.25) is 0 Å². The largest absolute Gasteiger partial charge is 0.355 e. The fourth-order valence-electron chi connectivity index (χ4n) is 2.42. The van der Waals surface area contributed by atoms with Crippen LogP contribution in [0.3, 0.4) is 0 Å². The van der Waals surface area contributed by atoms with E-state index < -0.39 is 0 Å². The topological polar surface area (TPSA) is 71.3 Å². The van der Waals surface area contributed by atoms with E-state index in [2.05, 4.69) is 20.7 Å². The highest BCUT2D eigenvalue weighted by atomic mass is 16.1. The summed E-state index contributed by atoms with van der Waals surface area (Å²) in [6, 6.07) is 1.98. The van der Waals surface area contributed by atoms with Crippen molar-refractivity contribution in [1.82, 2.24) is 25.2 Å². The molecule has 18 heavy (non-hydrogen) atoms. The highest BCUT2D eigenvalue weighted by Crippen LogP contribution is 2.23. The summed E-state index contributed by atoms with van der Waals surface area (Å²) >= 11 is 0. The zero-order valence-electron chi connectivity index (χ0n) is 10.2. The average Bonchev–Trinajstić information content (AvgIpc) is 3.06. The summed E-state index contributed by atoms with van der Waals surface area (Å²) < 4.78 is 1.78. The Hall–Kier alpha value is -1.95. The first-order chi connectivity index (χ1) is 8.81. The number of hydrogen-bond donors (Lipinski definition) is 2. The Morgan fingerprint density at radius 3 is 3.22 bits per heavy atom.